The first kappa shape index (κ1) is 21.4. The van der Waals surface area contributed by atoms with Crippen LogP contribution in [0.15, 0.2) is 58.9 Å². The van der Waals surface area contributed by atoms with Crippen LogP contribution in [-0.4, -0.2) is 18.3 Å². The number of aliphatic hydroxyl groups is 1. The van der Waals surface area contributed by atoms with Gasteiger partial charge in [-0.2, -0.15) is 0 Å². The molecule has 0 saturated heterocycles. The van der Waals surface area contributed by atoms with Gasteiger partial charge in [-0.1, -0.05) is 0 Å². The molecule has 0 spiro atoms. The van der Waals surface area contributed by atoms with Crippen LogP contribution in [0.2, 0.25) is 0 Å². The summed E-state index contributed by atoms with van der Waals surface area (Å²) in [5, 5.41) is 9.02. The van der Waals surface area contributed by atoms with Crippen molar-refractivity contribution in [3.05, 3.63) is 70.0 Å². The summed E-state index contributed by atoms with van der Waals surface area (Å²) in [6.45, 7) is 4.75. The summed E-state index contributed by atoms with van der Waals surface area (Å²) < 4.78 is 7.15. The van der Waals surface area contributed by atoms with Crippen molar-refractivity contribution in [1.29, 1.82) is 0 Å². The van der Waals surface area contributed by atoms with E-state index in [0.29, 0.717) is 6.61 Å². The quantitative estimate of drug-likeness (QED) is 0.585. The number of halogens is 2. The van der Waals surface area contributed by atoms with Gasteiger partial charge in [0.25, 0.3) is 0 Å². The molecule has 0 unspecified atom stereocenters. The normalized spacial score (nSPS) is 15.3. The number of ether oxygens (including phenoxy) is 1. The van der Waals surface area contributed by atoms with E-state index < -0.39 is 0 Å². The monoisotopic (exact) mass is 439 g/mol. The number of hydrogen-bond acceptors (Lipinski definition) is 2. The van der Waals surface area contributed by atoms with Crippen LogP contribution in [0.3, 0.4) is 0 Å². The number of allylic oxidation sites excluding steroid dienone is 6. The Kier molecular flexibility index (Phi) is 8.22. The summed E-state index contributed by atoms with van der Waals surface area (Å²) >= 11 is 1.42. The zero-order chi connectivity index (χ0) is 15.7. The Morgan fingerprint density at radius 1 is 1.17 bits per heavy atom. The number of fused-ring (bicyclic) bond motifs is 1. The molecule has 2 nitrogen and oxygen atoms in total. The van der Waals surface area contributed by atoms with Crippen LogP contribution < -0.4 is 24.8 Å². The molecule has 24 heavy (non-hydrogen) atoms. The number of benzene rings is 1. The summed E-state index contributed by atoms with van der Waals surface area (Å²) in [5.74, 6) is 0.913. The van der Waals surface area contributed by atoms with E-state index in [0.717, 1.165) is 12.2 Å². The van der Waals surface area contributed by atoms with E-state index in [4.69, 9.17) is 9.84 Å². The molecule has 1 aromatic rings. The van der Waals surface area contributed by atoms with Crippen LogP contribution in [0.4, 0.5) is 0 Å². The second-order valence-electron chi connectivity index (χ2n) is 5.69. The number of hydrogen-bond donors (Lipinski definition) is 1. The summed E-state index contributed by atoms with van der Waals surface area (Å²) in [6, 6.07) is 8.65. The van der Waals surface area contributed by atoms with E-state index >= 15 is 0 Å². The van der Waals surface area contributed by atoms with E-state index in [1.807, 2.05) is 6.08 Å². The fraction of sp³-hybridized carbons (Fsp3) is 0.263. The van der Waals surface area contributed by atoms with Crippen LogP contribution in [0.1, 0.15) is 31.4 Å². The number of rotatable bonds is 4. The fourth-order valence-electron chi connectivity index (χ4n) is 3.14. The maximum atomic E-state index is 9.02. The summed E-state index contributed by atoms with van der Waals surface area (Å²) in [6.07, 6.45) is 5.08. The average Bonchev–Trinajstić information content (AvgIpc) is 3.07. The Morgan fingerprint density at radius 2 is 1.83 bits per heavy atom. The van der Waals surface area contributed by atoms with Crippen molar-refractivity contribution in [2.45, 2.75) is 20.3 Å². The summed E-state index contributed by atoms with van der Waals surface area (Å²) in [5.41, 5.74) is 7.98. The molecule has 0 heterocycles. The van der Waals surface area contributed by atoms with Gasteiger partial charge < -0.3 is 24.8 Å². The molecular formula is C19H19Cl2O2Zr. The molecule has 0 radical (unpaired) electrons. The van der Waals surface area contributed by atoms with Gasteiger partial charge in [0.15, 0.2) is 0 Å². The minimum absolute atomic E-state index is 0. The molecule has 3 rings (SSSR count). The van der Waals surface area contributed by atoms with Crippen LogP contribution >= 0.6 is 0 Å². The zero-order valence-corrected chi connectivity index (χ0v) is 17.7. The van der Waals surface area contributed by atoms with E-state index in [2.05, 4.69) is 44.2 Å². The molecule has 0 aliphatic heterocycles. The third-order valence-corrected chi connectivity index (χ3v) is 5.28. The summed E-state index contributed by atoms with van der Waals surface area (Å²) in [4.78, 5) is 0. The van der Waals surface area contributed by atoms with Gasteiger partial charge in [-0.25, -0.2) is 0 Å². The topological polar surface area (TPSA) is 29.5 Å². The maximum absolute atomic E-state index is 9.02. The fourth-order valence-corrected chi connectivity index (χ4v) is 4.35. The van der Waals surface area contributed by atoms with Crippen LogP contribution in [0, 0.1) is 0 Å². The molecule has 125 valence electrons. The van der Waals surface area contributed by atoms with Crippen LogP contribution in [0.25, 0.3) is 8.85 Å². The van der Waals surface area contributed by atoms with Crippen molar-refractivity contribution < 1.29 is 59.4 Å². The molecule has 5 heteroatoms. The summed E-state index contributed by atoms with van der Waals surface area (Å²) in [7, 11) is 0. The maximum Gasteiger partial charge on any atom is -1.00 e. The molecule has 0 amide bonds. The first-order chi connectivity index (χ1) is 10.6. The molecule has 0 saturated carbocycles. The van der Waals surface area contributed by atoms with Crippen molar-refractivity contribution in [2.75, 3.05) is 13.2 Å². The van der Waals surface area contributed by atoms with Gasteiger partial charge in [0, 0.05) is 0 Å². The Labute approximate surface area is 171 Å². The van der Waals surface area contributed by atoms with E-state index in [1.54, 1.807) is 0 Å². The van der Waals surface area contributed by atoms with Crippen LogP contribution in [-0.2, 0) is 29.5 Å². The van der Waals surface area contributed by atoms with Crippen molar-refractivity contribution >= 4 is 8.85 Å². The number of aliphatic hydroxyl groups excluding tert-OH is 1. The average molecular weight is 441 g/mol. The standard InChI is InChI=1S/C19H19O2.2ClH.Zr/c1-13(2)19-15-7-4-3-6-14(15)12-17(19)16-8-5-9-18(16)21-11-10-20;;;/h3-7,9,20H,8,10-11H2,1-2H3;2*1H;/q;;;+2/p-2. The third-order valence-electron chi connectivity index (χ3n) is 4.01. The Morgan fingerprint density at radius 3 is 2.46 bits per heavy atom. The van der Waals surface area contributed by atoms with Gasteiger partial charge in [-0.15, -0.1) is 0 Å². The molecule has 1 N–H and O–H groups in total. The largest absolute Gasteiger partial charge is 1.00 e. The second kappa shape index (κ2) is 9.20. The Bertz CT molecular complexity index is 741. The third kappa shape index (κ3) is 3.80. The first-order valence-corrected chi connectivity index (χ1v) is 8.75. The molecule has 0 fully saturated rings. The second-order valence-corrected chi connectivity index (χ2v) is 6.92. The predicted molar refractivity (Wildman–Crippen MR) is 85.5 cm³/mol. The smallest absolute Gasteiger partial charge is 1.00 e. The SMILES string of the molecule is CC(C)=C1C(C2=C(OCCO)C=CC2)=[C]([Zr+2])c2ccccc21.[Cl-].[Cl-]. The molecule has 0 atom stereocenters. The minimum Gasteiger partial charge on any atom is -1.00 e. The van der Waals surface area contributed by atoms with Crippen molar-refractivity contribution in [1.82, 2.24) is 0 Å². The Hall–Kier alpha value is -0.597. The zero-order valence-electron chi connectivity index (χ0n) is 13.7. The molecular weight excluding hydrogens is 422 g/mol. The van der Waals surface area contributed by atoms with Crippen molar-refractivity contribution in [2.24, 2.45) is 0 Å². The van der Waals surface area contributed by atoms with Gasteiger partial charge in [0.1, 0.15) is 0 Å². The predicted octanol–water partition coefficient (Wildman–Crippen LogP) is -2.02. The molecule has 0 aromatic heterocycles. The van der Waals surface area contributed by atoms with Gasteiger partial charge in [-0.05, 0) is 0 Å². The van der Waals surface area contributed by atoms with E-state index in [9.17, 15) is 0 Å². The minimum atomic E-state index is 0. The Balaban J connectivity index is 0.00000144. The molecule has 2 aliphatic carbocycles. The van der Waals surface area contributed by atoms with Gasteiger partial charge in [0.2, 0.25) is 0 Å². The van der Waals surface area contributed by atoms with Crippen molar-refractivity contribution in [3.8, 4) is 0 Å². The molecule has 0 bridgehead atoms. The van der Waals surface area contributed by atoms with Gasteiger partial charge >= 0.3 is 147 Å². The first-order valence-electron chi connectivity index (χ1n) is 7.52. The molecule has 1 aromatic carbocycles. The van der Waals surface area contributed by atoms with E-state index in [1.165, 1.54) is 61.4 Å². The van der Waals surface area contributed by atoms with Gasteiger partial charge in [0.05, 0.1) is 0 Å². The molecule has 2 aliphatic rings. The van der Waals surface area contributed by atoms with Crippen LogP contribution in [0.5, 0.6) is 0 Å². The van der Waals surface area contributed by atoms with E-state index in [-0.39, 0.29) is 31.4 Å². The van der Waals surface area contributed by atoms with Crippen molar-refractivity contribution in [3.63, 3.8) is 0 Å². The van der Waals surface area contributed by atoms with Gasteiger partial charge in [-0.3, -0.25) is 0 Å².